The summed E-state index contributed by atoms with van der Waals surface area (Å²) in [4.78, 5) is 0. The van der Waals surface area contributed by atoms with Crippen LogP contribution in [0.1, 0.15) is 19.4 Å². The smallest absolute Gasteiger partial charge is 0.0175 e. The molecule has 0 heterocycles. The topological polar surface area (TPSA) is 35.0 Å². The van der Waals surface area contributed by atoms with E-state index in [-0.39, 0.29) is 6.15 Å². The summed E-state index contributed by atoms with van der Waals surface area (Å²) in [7, 11) is 0. The average molecular weight is 230 g/mol. The molecule has 68 valence electrons. The lowest BCUT2D eigenvalue weighted by molar-refractivity contribution is 0.647. The van der Waals surface area contributed by atoms with Crippen molar-refractivity contribution in [2.75, 3.05) is 0 Å². The maximum atomic E-state index is 3.41. The minimum Gasteiger partial charge on any atom is -0.344 e. The van der Waals surface area contributed by atoms with Crippen LogP contribution in [0.15, 0.2) is 28.7 Å². The number of rotatable bonds is 2. The molecule has 0 saturated heterocycles. The van der Waals surface area contributed by atoms with Crippen LogP contribution in [0.2, 0.25) is 0 Å². The van der Waals surface area contributed by atoms with Crippen LogP contribution in [0.4, 0.5) is 0 Å². The first-order valence-corrected chi connectivity index (χ1v) is 4.72. The van der Waals surface area contributed by atoms with Crippen molar-refractivity contribution in [2.24, 2.45) is 5.92 Å². The zero-order valence-electron chi connectivity index (χ0n) is 7.68. The largest absolute Gasteiger partial charge is 0.344 e. The maximum absolute atomic E-state index is 3.41. The normalized spacial score (nSPS) is 9.67. The Hall–Kier alpha value is -0.340. The third-order valence-electron chi connectivity index (χ3n) is 1.56. The van der Waals surface area contributed by atoms with Crippen molar-refractivity contribution in [1.29, 1.82) is 0 Å². The molecule has 0 amide bonds. The molecule has 0 saturated carbocycles. The summed E-state index contributed by atoms with van der Waals surface area (Å²) in [5, 5.41) is 0. The fourth-order valence-corrected chi connectivity index (χ4v) is 1.36. The summed E-state index contributed by atoms with van der Waals surface area (Å²) in [6.07, 6.45) is 1.17. The molecule has 12 heavy (non-hydrogen) atoms. The molecule has 1 aromatic rings. The molecule has 3 N–H and O–H groups in total. The van der Waals surface area contributed by atoms with E-state index in [1.54, 1.807) is 0 Å². The summed E-state index contributed by atoms with van der Waals surface area (Å²) < 4.78 is 1.16. The molecule has 0 unspecified atom stereocenters. The molecular formula is C10H16BrN. The first-order valence-electron chi connectivity index (χ1n) is 3.93. The second-order valence-corrected chi connectivity index (χ2v) is 4.14. The van der Waals surface area contributed by atoms with E-state index in [2.05, 4.69) is 54.0 Å². The van der Waals surface area contributed by atoms with Gasteiger partial charge in [0.05, 0.1) is 0 Å². The first kappa shape index (κ1) is 11.7. The van der Waals surface area contributed by atoms with Gasteiger partial charge in [-0.25, -0.2) is 0 Å². The molecule has 0 spiro atoms. The van der Waals surface area contributed by atoms with Crippen LogP contribution in [0.25, 0.3) is 0 Å². The highest BCUT2D eigenvalue weighted by molar-refractivity contribution is 9.10. The molecule has 0 aliphatic carbocycles. The summed E-state index contributed by atoms with van der Waals surface area (Å²) in [6.45, 7) is 4.48. The van der Waals surface area contributed by atoms with Crippen LogP contribution in [-0.4, -0.2) is 0 Å². The number of hydrogen-bond donors (Lipinski definition) is 1. The van der Waals surface area contributed by atoms with Crippen molar-refractivity contribution >= 4 is 15.9 Å². The number of hydrogen-bond acceptors (Lipinski definition) is 1. The summed E-state index contributed by atoms with van der Waals surface area (Å²) >= 11 is 3.41. The number of halogens is 1. The molecule has 1 rings (SSSR count). The third kappa shape index (κ3) is 3.88. The van der Waals surface area contributed by atoms with Crippen LogP contribution < -0.4 is 6.15 Å². The minimum absolute atomic E-state index is 0. The SMILES string of the molecule is CC(C)Cc1ccc(Br)cc1.N. The monoisotopic (exact) mass is 229 g/mol. The van der Waals surface area contributed by atoms with Gasteiger partial charge in [-0.05, 0) is 30.0 Å². The van der Waals surface area contributed by atoms with E-state index in [4.69, 9.17) is 0 Å². The zero-order valence-corrected chi connectivity index (χ0v) is 9.26. The molecule has 0 aliphatic heterocycles. The summed E-state index contributed by atoms with van der Waals surface area (Å²) in [6, 6.07) is 8.53. The van der Waals surface area contributed by atoms with E-state index >= 15 is 0 Å². The van der Waals surface area contributed by atoms with Crippen molar-refractivity contribution in [1.82, 2.24) is 6.15 Å². The van der Waals surface area contributed by atoms with Crippen molar-refractivity contribution < 1.29 is 0 Å². The van der Waals surface area contributed by atoms with Gasteiger partial charge in [0.2, 0.25) is 0 Å². The Morgan fingerprint density at radius 2 is 1.67 bits per heavy atom. The van der Waals surface area contributed by atoms with Gasteiger partial charge in [-0.2, -0.15) is 0 Å². The molecule has 0 bridgehead atoms. The van der Waals surface area contributed by atoms with E-state index < -0.39 is 0 Å². The van der Waals surface area contributed by atoms with Gasteiger partial charge in [0, 0.05) is 4.47 Å². The lowest BCUT2D eigenvalue weighted by atomic mass is 10.0. The average Bonchev–Trinajstić information content (AvgIpc) is 1.93. The summed E-state index contributed by atoms with van der Waals surface area (Å²) in [5.74, 6) is 0.746. The van der Waals surface area contributed by atoms with Gasteiger partial charge < -0.3 is 6.15 Å². The lowest BCUT2D eigenvalue weighted by Gasteiger charge is -2.03. The second kappa shape index (κ2) is 5.33. The maximum Gasteiger partial charge on any atom is 0.0175 e. The zero-order chi connectivity index (χ0) is 8.27. The Kier molecular flexibility index (Phi) is 5.18. The Labute approximate surface area is 82.9 Å². The minimum atomic E-state index is 0. The molecule has 1 nitrogen and oxygen atoms in total. The molecule has 0 radical (unpaired) electrons. The predicted octanol–water partition coefficient (Wildman–Crippen LogP) is 3.81. The van der Waals surface area contributed by atoms with Gasteiger partial charge in [-0.3, -0.25) is 0 Å². The van der Waals surface area contributed by atoms with Crippen molar-refractivity contribution in [3.8, 4) is 0 Å². The Morgan fingerprint density at radius 3 is 2.08 bits per heavy atom. The van der Waals surface area contributed by atoms with E-state index in [9.17, 15) is 0 Å². The van der Waals surface area contributed by atoms with Crippen LogP contribution >= 0.6 is 15.9 Å². The van der Waals surface area contributed by atoms with Crippen molar-refractivity contribution in [3.05, 3.63) is 34.3 Å². The molecular weight excluding hydrogens is 214 g/mol. The molecule has 0 aromatic heterocycles. The highest BCUT2D eigenvalue weighted by Gasteiger charge is 1.95. The molecule has 0 fully saturated rings. The van der Waals surface area contributed by atoms with Gasteiger partial charge in [0.1, 0.15) is 0 Å². The van der Waals surface area contributed by atoms with E-state index in [1.165, 1.54) is 12.0 Å². The van der Waals surface area contributed by atoms with Gasteiger partial charge in [0.25, 0.3) is 0 Å². The van der Waals surface area contributed by atoms with Crippen LogP contribution in [0.5, 0.6) is 0 Å². The Balaban J connectivity index is 0.00000121. The quantitative estimate of drug-likeness (QED) is 0.823. The molecule has 0 aliphatic rings. The van der Waals surface area contributed by atoms with Gasteiger partial charge in [-0.1, -0.05) is 41.9 Å². The van der Waals surface area contributed by atoms with E-state index in [0.29, 0.717) is 0 Å². The molecule has 1 aromatic carbocycles. The predicted molar refractivity (Wildman–Crippen MR) is 57.7 cm³/mol. The highest BCUT2D eigenvalue weighted by atomic mass is 79.9. The third-order valence-corrected chi connectivity index (χ3v) is 2.09. The molecule has 2 heteroatoms. The van der Waals surface area contributed by atoms with Crippen LogP contribution in [0, 0.1) is 5.92 Å². The Bertz CT molecular complexity index is 216. The standard InChI is InChI=1S/C10H13Br.H3N/c1-8(2)7-9-3-5-10(11)6-4-9;/h3-6,8H,7H2,1-2H3;1H3. The van der Waals surface area contributed by atoms with Crippen molar-refractivity contribution in [3.63, 3.8) is 0 Å². The lowest BCUT2D eigenvalue weighted by Crippen LogP contribution is -1.92. The fourth-order valence-electron chi connectivity index (χ4n) is 1.09. The first-order chi connectivity index (χ1) is 5.18. The summed E-state index contributed by atoms with van der Waals surface area (Å²) in [5.41, 5.74) is 1.42. The van der Waals surface area contributed by atoms with Crippen LogP contribution in [0.3, 0.4) is 0 Å². The second-order valence-electron chi connectivity index (χ2n) is 3.22. The Morgan fingerprint density at radius 1 is 1.17 bits per heavy atom. The molecule has 0 atom stereocenters. The van der Waals surface area contributed by atoms with Gasteiger partial charge >= 0.3 is 0 Å². The fraction of sp³-hybridized carbons (Fsp3) is 0.400. The number of benzene rings is 1. The van der Waals surface area contributed by atoms with Crippen molar-refractivity contribution in [2.45, 2.75) is 20.3 Å². The van der Waals surface area contributed by atoms with E-state index in [0.717, 1.165) is 10.4 Å². The van der Waals surface area contributed by atoms with Gasteiger partial charge in [0.15, 0.2) is 0 Å². The van der Waals surface area contributed by atoms with E-state index in [1.807, 2.05) is 0 Å². The van der Waals surface area contributed by atoms with Crippen LogP contribution in [-0.2, 0) is 6.42 Å². The highest BCUT2D eigenvalue weighted by Crippen LogP contribution is 2.13. The van der Waals surface area contributed by atoms with Gasteiger partial charge in [-0.15, -0.1) is 0 Å².